The Hall–Kier alpha value is -1.55. The summed E-state index contributed by atoms with van der Waals surface area (Å²) in [6, 6.07) is 9.31. The molecule has 0 fully saturated rings. The van der Waals surface area contributed by atoms with Crippen LogP contribution in [0.4, 0.5) is 0 Å². The van der Waals surface area contributed by atoms with Gasteiger partial charge in [0.2, 0.25) is 0 Å². The number of benzene rings is 1. The Kier molecular flexibility index (Phi) is 6.10. The van der Waals surface area contributed by atoms with Crippen LogP contribution >= 0.6 is 0 Å². The van der Waals surface area contributed by atoms with E-state index in [1.807, 2.05) is 30.3 Å². The third-order valence-electron chi connectivity index (χ3n) is 2.25. The fraction of sp³-hybridized carbons (Fsp3) is 0.462. The lowest BCUT2D eigenvalue weighted by Gasteiger charge is -2.14. The maximum Gasteiger partial charge on any atom is 0.260 e. The van der Waals surface area contributed by atoms with Crippen LogP contribution in [-0.2, 0) is 9.53 Å². The van der Waals surface area contributed by atoms with Crippen molar-refractivity contribution in [3.05, 3.63) is 30.3 Å². The van der Waals surface area contributed by atoms with Crippen molar-refractivity contribution in [3.8, 4) is 5.75 Å². The minimum absolute atomic E-state index is 0.107. The second-order valence-electron chi connectivity index (χ2n) is 3.71. The summed E-state index contributed by atoms with van der Waals surface area (Å²) in [5.74, 6) is 0.594. The van der Waals surface area contributed by atoms with E-state index in [0.717, 1.165) is 6.42 Å². The number of para-hydroxylation sites is 1. The van der Waals surface area contributed by atoms with Crippen LogP contribution in [0.2, 0.25) is 0 Å². The molecule has 0 aliphatic carbocycles. The quantitative estimate of drug-likeness (QED) is 0.733. The molecule has 94 valence electrons. The molecular formula is C13H19NO3. The van der Waals surface area contributed by atoms with Crippen LogP contribution in [0.25, 0.3) is 0 Å². The largest absolute Gasteiger partial charge is 0.481 e. The van der Waals surface area contributed by atoms with Gasteiger partial charge in [-0.2, -0.15) is 0 Å². The van der Waals surface area contributed by atoms with Gasteiger partial charge in [-0.25, -0.2) is 0 Å². The second-order valence-corrected chi connectivity index (χ2v) is 3.71. The Morgan fingerprint density at radius 3 is 2.71 bits per heavy atom. The van der Waals surface area contributed by atoms with Crippen molar-refractivity contribution in [2.75, 3.05) is 20.3 Å². The monoisotopic (exact) mass is 237 g/mol. The van der Waals surface area contributed by atoms with E-state index in [0.29, 0.717) is 18.9 Å². The molecule has 4 nitrogen and oxygen atoms in total. The molecule has 0 aliphatic rings. The second kappa shape index (κ2) is 7.68. The molecule has 1 amide bonds. The summed E-state index contributed by atoms with van der Waals surface area (Å²) in [6.45, 7) is 2.99. The van der Waals surface area contributed by atoms with Crippen LogP contribution < -0.4 is 10.1 Å². The summed E-state index contributed by atoms with van der Waals surface area (Å²) in [4.78, 5) is 11.6. The molecule has 0 heterocycles. The van der Waals surface area contributed by atoms with E-state index < -0.39 is 6.10 Å². The Bertz CT molecular complexity index is 327. The normalized spacial score (nSPS) is 11.9. The van der Waals surface area contributed by atoms with Crippen molar-refractivity contribution >= 4 is 5.91 Å². The molecule has 0 spiro atoms. The van der Waals surface area contributed by atoms with Gasteiger partial charge in [0.1, 0.15) is 5.75 Å². The van der Waals surface area contributed by atoms with Crippen LogP contribution in [0.3, 0.4) is 0 Å². The van der Waals surface area contributed by atoms with E-state index in [1.165, 1.54) is 0 Å². The van der Waals surface area contributed by atoms with Gasteiger partial charge in [0.05, 0.1) is 0 Å². The predicted octanol–water partition coefficient (Wildman–Crippen LogP) is 1.61. The lowest BCUT2D eigenvalue weighted by Crippen LogP contribution is -2.37. The molecule has 1 rings (SSSR count). The van der Waals surface area contributed by atoms with Gasteiger partial charge in [-0.1, -0.05) is 18.2 Å². The molecule has 4 heteroatoms. The summed E-state index contributed by atoms with van der Waals surface area (Å²) in [7, 11) is 1.64. The van der Waals surface area contributed by atoms with E-state index in [-0.39, 0.29) is 5.91 Å². The Balaban J connectivity index is 2.27. The van der Waals surface area contributed by atoms with Crippen LogP contribution in [0, 0.1) is 0 Å². The van der Waals surface area contributed by atoms with Gasteiger partial charge in [0, 0.05) is 20.3 Å². The first-order valence-corrected chi connectivity index (χ1v) is 5.72. The number of carbonyl (C=O) groups excluding carboxylic acids is 1. The number of ether oxygens (including phenoxy) is 2. The van der Waals surface area contributed by atoms with E-state index in [1.54, 1.807) is 14.0 Å². The highest BCUT2D eigenvalue weighted by Gasteiger charge is 2.13. The molecule has 1 aromatic rings. The van der Waals surface area contributed by atoms with Gasteiger partial charge in [0.15, 0.2) is 6.10 Å². The van der Waals surface area contributed by atoms with Crippen molar-refractivity contribution in [2.45, 2.75) is 19.4 Å². The standard InChI is InChI=1S/C13H19NO3/c1-11(13(15)14-9-6-10-16-2)17-12-7-4-3-5-8-12/h3-5,7-8,11H,6,9-10H2,1-2H3,(H,14,15). The molecule has 1 unspecified atom stereocenters. The van der Waals surface area contributed by atoms with Gasteiger partial charge < -0.3 is 14.8 Å². The number of hydrogen-bond acceptors (Lipinski definition) is 3. The summed E-state index contributed by atoms with van der Waals surface area (Å²) in [5.41, 5.74) is 0. The number of methoxy groups -OCH3 is 1. The first-order valence-electron chi connectivity index (χ1n) is 5.72. The fourth-order valence-electron chi connectivity index (χ4n) is 1.33. The summed E-state index contributed by atoms with van der Waals surface area (Å²) < 4.78 is 10.4. The topological polar surface area (TPSA) is 47.6 Å². The minimum atomic E-state index is -0.486. The van der Waals surface area contributed by atoms with Crippen molar-refractivity contribution in [3.63, 3.8) is 0 Å². The molecule has 0 bridgehead atoms. The highest BCUT2D eigenvalue weighted by Crippen LogP contribution is 2.10. The third-order valence-corrected chi connectivity index (χ3v) is 2.25. The zero-order valence-corrected chi connectivity index (χ0v) is 10.3. The minimum Gasteiger partial charge on any atom is -0.481 e. The van der Waals surface area contributed by atoms with E-state index in [4.69, 9.17) is 9.47 Å². The van der Waals surface area contributed by atoms with Crippen molar-refractivity contribution < 1.29 is 14.3 Å². The molecular weight excluding hydrogens is 218 g/mol. The first kappa shape index (κ1) is 13.5. The van der Waals surface area contributed by atoms with Gasteiger partial charge in [0.25, 0.3) is 5.91 Å². The van der Waals surface area contributed by atoms with Crippen LogP contribution in [0.1, 0.15) is 13.3 Å². The molecule has 1 aromatic carbocycles. The van der Waals surface area contributed by atoms with E-state index in [9.17, 15) is 4.79 Å². The molecule has 1 atom stereocenters. The molecule has 1 N–H and O–H groups in total. The summed E-state index contributed by atoms with van der Waals surface area (Å²) >= 11 is 0. The fourth-order valence-corrected chi connectivity index (χ4v) is 1.33. The number of rotatable bonds is 7. The van der Waals surface area contributed by atoms with Crippen LogP contribution in [-0.4, -0.2) is 32.3 Å². The van der Waals surface area contributed by atoms with Crippen LogP contribution in [0.15, 0.2) is 30.3 Å². The smallest absolute Gasteiger partial charge is 0.260 e. The molecule has 0 aromatic heterocycles. The lowest BCUT2D eigenvalue weighted by atomic mass is 10.3. The zero-order valence-electron chi connectivity index (χ0n) is 10.3. The average molecular weight is 237 g/mol. The van der Waals surface area contributed by atoms with Crippen LogP contribution in [0.5, 0.6) is 5.75 Å². The lowest BCUT2D eigenvalue weighted by molar-refractivity contribution is -0.127. The molecule has 0 radical (unpaired) electrons. The van der Waals surface area contributed by atoms with Gasteiger partial charge in [-0.05, 0) is 25.5 Å². The zero-order chi connectivity index (χ0) is 12.5. The first-order chi connectivity index (χ1) is 8.24. The SMILES string of the molecule is COCCCNC(=O)C(C)Oc1ccccc1. The third kappa shape index (κ3) is 5.36. The van der Waals surface area contributed by atoms with E-state index in [2.05, 4.69) is 5.32 Å². The Morgan fingerprint density at radius 2 is 2.06 bits per heavy atom. The number of amides is 1. The van der Waals surface area contributed by atoms with Gasteiger partial charge >= 0.3 is 0 Å². The maximum absolute atomic E-state index is 11.6. The van der Waals surface area contributed by atoms with Crippen molar-refractivity contribution in [1.82, 2.24) is 5.32 Å². The van der Waals surface area contributed by atoms with Crippen molar-refractivity contribution in [2.24, 2.45) is 0 Å². The summed E-state index contributed by atoms with van der Waals surface area (Å²) in [5, 5.41) is 2.79. The molecule has 0 saturated carbocycles. The number of hydrogen-bond donors (Lipinski definition) is 1. The highest BCUT2D eigenvalue weighted by atomic mass is 16.5. The number of nitrogens with one attached hydrogen (secondary N) is 1. The Labute approximate surface area is 102 Å². The van der Waals surface area contributed by atoms with Crippen molar-refractivity contribution in [1.29, 1.82) is 0 Å². The summed E-state index contributed by atoms with van der Waals surface area (Å²) in [6.07, 6.45) is 0.320. The Morgan fingerprint density at radius 1 is 1.35 bits per heavy atom. The molecule has 0 aliphatic heterocycles. The number of carbonyl (C=O) groups is 1. The molecule has 0 saturated heterocycles. The highest BCUT2D eigenvalue weighted by molar-refractivity contribution is 5.80. The predicted molar refractivity (Wildman–Crippen MR) is 66.0 cm³/mol. The van der Waals surface area contributed by atoms with Gasteiger partial charge in [-0.15, -0.1) is 0 Å². The average Bonchev–Trinajstić information content (AvgIpc) is 2.35. The van der Waals surface area contributed by atoms with E-state index >= 15 is 0 Å². The van der Waals surface area contributed by atoms with Gasteiger partial charge in [-0.3, -0.25) is 4.79 Å². The molecule has 17 heavy (non-hydrogen) atoms. The maximum atomic E-state index is 11.6.